The van der Waals surface area contributed by atoms with Gasteiger partial charge in [0, 0.05) is 5.56 Å². The van der Waals surface area contributed by atoms with Crippen LogP contribution in [-0.4, -0.2) is 19.2 Å². The smallest absolute Gasteiger partial charge is 0.274 e. The van der Waals surface area contributed by atoms with Crippen molar-refractivity contribution in [1.82, 2.24) is 5.43 Å². The molecule has 0 saturated carbocycles. The Hall–Kier alpha value is -4.18. The number of methoxy groups -OCH3 is 1. The van der Waals surface area contributed by atoms with Crippen molar-refractivity contribution in [2.45, 2.75) is 6.61 Å². The quantitative estimate of drug-likeness (QED) is 0.477. The molecular weight excluding hydrogens is 385 g/mol. The summed E-state index contributed by atoms with van der Waals surface area (Å²) in [5, 5.41) is 13.0. The fourth-order valence-electron chi connectivity index (χ4n) is 2.67. The zero-order valence-corrected chi connectivity index (χ0v) is 16.1. The van der Waals surface area contributed by atoms with E-state index in [1.165, 1.54) is 31.5 Å². The summed E-state index contributed by atoms with van der Waals surface area (Å²) in [6.07, 6.45) is 1.41. The molecule has 0 aliphatic rings. The second kappa shape index (κ2) is 9.85. The topological polar surface area (TPSA) is 83.7 Å². The molecule has 7 heteroatoms. The molecule has 0 aromatic heterocycles. The van der Waals surface area contributed by atoms with E-state index in [1.807, 2.05) is 12.1 Å². The lowest BCUT2D eigenvalue weighted by Crippen LogP contribution is -2.18. The van der Waals surface area contributed by atoms with Crippen LogP contribution < -0.4 is 14.9 Å². The number of nitriles is 1. The van der Waals surface area contributed by atoms with Crippen LogP contribution in [0.4, 0.5) is 4.39 Å². The van der Waals surface area contributed by atoms with Crippen molar-refractivity contribution in [1.29, 1.82) is 5.26 Å². The van der Waals surface area contributed by atoms with E-state index in [-0.39, 0.29) is 12.2 Å². The molecule has 3 aromatic carbocycles. The van der Waals surface area contributed by atoms with Gasteiger partial charge < -0.3 is 9.47 Å². The Morgan fingerprint density at radius 1 is 1.13 bits per heavy atom. The summed E-state index contributed by atoms with van der Waals surface area (Å²) in [7, 11) is 1.51. The van der Waals surface area contributed by atoms with Crippen molar-refractivity contribution >= 4 is 12.1 Å². The highest BCUT2D eigenvalue weighted by Gasteiger charge is 2.10. The summed E-state index contributed by atoms with van der Waals surface area (Å²) in [5.41, 5.74) is 4.16. The highest BCUT2D eigenvalue weighted by atomic mass is 19.1. The van der Waals surface area contributed by atoms with Gasteiger partial charge in [-0.3, -0.25) is 4.79 Å². The minimum absolute atomic E-state index is 0.0892. The Morgan fingerprint density at radius 2 is 1.90 bits per heavy atom. The van der Waals surface area contributed by atoms with E-state index in [0.717, 1.165) is 5.56 Å². The number of amides is 1. The van der Waals surface area contributed by atoms with E-state index in [1.54, 1.807) is 36.4 Å². The molecule has 0 aliphatic heterocycles. The number of carbonyl (C=O) groups is 1. The normalized spacial score (nSPS) is 10.4. The average molecular weight is 403 g/mol. The first-order valence-corrected chi connectivity index (χ1v) is 8.99. The molecule has 0 saturated heterocycles. The molecular formula is C23H18FN3O3. The molecule has 3 rings (SSSR count). The van der Waals surface area contributed by atoms with Gasteiger partial charge in [-0.2, -0.15) is 10.4 Å². The lowest BCUT2D eigenvalue weighted by atomic mass is 10.1. The van der Waals surface area contributed by atoms with Gasteiger partial charge in [0.05, 0.1) is 30.5 Å². The highest BCUT2D eigenvalue weighted by molar-refractivity contribution is 5.95. The first kappa shape index (κ1) is 20.6. The Morgan fingerprint density at radius 3 is 2.67 bits per heavy atom. The van der Waals surface area contributed by atoms with Gasteiger partial charge in [0.1, 0.15) is 12.4 Å². The summed E-state index contributed by atoms with van der Waals surface area (Å²) in [6.45, 7) is 0.215. The lowest BCUT2D eigenvalue weighted by molar-refractivity contribution is 0.0951. The summed E-state index contributed by atoms with van der Waals surface area (Å²) < 4.78 is 24.8. The van der Waals surface area contributed by atoms with Crippen LogP contribution in [-0.2, 0) is 6.61 Å². The third kappa shape index (κ3) is 5.00. The third-order valence-electron chi connectivity index (χ3n) is 4.21. The number of nitrogens with zero attached hydrogens (tertiary/aromatic N) is 2. The molecule has 0 fully saturated rings. The van der Waals surface area contributed by atoms with Crippen LogP contribution >= 0.6 is 0 Å². The van der Waals surface area contributed by atoms with Gasteiger partial charge in [0.2, 0.25) is 0 Å². The summed E-state index contributed by atoms with van der Waals surface area (Å²) in [4.78, 5) is 12.0. The number of hydrogen-bond donors (Lipinski definition) is 1. The maximum absolute atomic E-state index is 13.6. The van der Waals surface area contributed by atoms with Gasteiger partial charge in [-0.15, -0.1) is 0 Å². The van der Waals surface area contributed by atoms with Crippen LogP contribution in [0.1, 0.15) is 27.0 Å². The second-order valence-electron chi connectivity index (χ2n) is 6.15. The predicted molar refractivity (Wildman–Crippen MR) is 110 cm³/mol. The Kier molecular flexibility index (Phi) is 6.74. The van der Waals surface area contributed by atoms with Crippen LogP contribution in [0, 0.1) is 17.1 Å². The molecule has 0 atom stereocenters. The first-order chi connectivity index (χ1) is 14.6. The summed E-state index contributed by atoms with van der Waals surface area (Å²) in [6, 6.07) is 20.1. The Labute approximate surface area is 173 Å². The van der Waals surface area contributed by atoms with Crippen molar-refractivity contribution in [3.8, 4) is 17.6 Å². The van der Waals surface area contributed by atoms with Crippen LogP contribution in [0.15, 0.2) is 71.8 Å². The molecule has 0 spiro atoms. The molecule has 150 valence electrons. The van der Waals surface area contributed by atoms with Crippen molar-refractivity contribution in [3.63, 3.8) is 0 Å². The van der Waals surface area contributed by atoms with E-state index >= 15 is 0 Å². The third-order valence-corrected chi connectivity index (χ3v) is 4.21. The van der Waals surface area contributed by atoms with Crippen molar-refractivity contribution < 1.29 is 18.7 Å². The molecule has 1 N–H and O–H groups in total. The number of rotatable bonds is 7. The van der Waals surface area contributed by atoms with Crippen molar-refractivity contribution in [3.05, 3.63) is 94.8 Å². The number of ether oxygens (including phenoxy) is 2. The molecule has 0 aliphatic carbocycles. The SMILES string of the molecule is COc1cc(/C=N\NC(=O)c2ccccc2F)ccc1OCc1ccccc1C#N. The second-order valence-corrected chi connectivity index (χ2v) is 6.15. The maximum Gasteiger partial charge on any atom is 0.274 e. The van der Waals surface area contributed by atoms with Gasteiger partial charge in [0.25, 0.3) is 5.91 Å². The minimum Gasteiger partial charge on any atom is -0.493 e. The Balaban J connectivity index is 1.66. The molecule has 30 heavy (non-hydrogen) atoms. The van der Waals surface area contributed by atoms with E-state index in [9.17, 15) is 9.18 Å². The number of hydrazone groups is 1. The van der Waals surface area contributed by atoms with Crippen LogP contribution in [0.3, 0.4) is 0 Å². The van der Waals surface area contributed by atoms with Crippen LogP contribution in [0.2, 0.25) is 0 Å². The van der Waals surface area contributed by atoms with E-state index in [0.29, 0.717) is 22.6 Å². The fourth-order valence-corrected chi connectivity index (χ4v) is 2.67. The molecule has 1 amide bonds. The summed E-state index contributed by atoms with van der Waals surface area (Å²) >= 11 is 0. The van der Waals surface area contributed by atoms with Gasteiger partial charge >= 0.3 is 0 Å². The van der Waals surface area contributed by atoms with Crippen LogP contribution in [0.5, 0.6) is 11.5 Å². The van der Waals surface area contributed by atoms with Gasteiger partial charge in [-0.25, -0.2) is 9.82 Å². The zero-order chi connectivity index (χ0) is 21.3. The zero-order valence-electron chi connectivity index (χ0n) is 16.1. The average Bonchev–Trinajstić information content (AvgIpc) is 2.78. The van der Waals surface area contributed by atoms with Gasteiger partial charge in [-0.05, 0) is 42.0 Å². The predicted octanol–water partition coefficient (Wildman–Crippen LogP) is 4.05. The van der Waals surface area contributed by atoms with Crippen molar-refractivity contribution in [2.75, 3.05) is 7.11 Å². The van der Waals surface area contributed by atoms with Crippen molar-refractivity contribution in [2.24, 2.45) is 5.10 Å². The molecule has 0 unspecified atom stereocenters. The van der Waals surface area contributed by atoms with E-state index in [2.05, 4.69) is 16.6 Å². The number of benzene rings is 3. The maximum atomic E-state index is 13.6. The largest absolute Gasteiger partial charge is 0.493 e. The van der Waals surface area contributed by atoms with Crippen LogP contribution in [0.25, 0.3) is 0 Å². The molecule has 6 nitrogen and oxygen atoms in total. The van der Waals surface area contributed by atoms with E-state index < -0.39 is 11.7 Å². The monoisotopic (exact) mass is 403 g/mol. The van der Waals surface area contributed by atoms with E-state index in [4.69, 9.17) is 14.7 Å². The number of hydrogen-bond acceptors (Lipinski definition) is 5. The number of carbonyl (C=O) groups excluding carboxylic acids is 1. The standard InChI is InChI=1S/C23H18FN3O3/c1-29-22-12-16(14-26-27-23(28)19-8-4-5-9-20(19)24)10-11-21(22)30-15-18-7-3-2-6-17(18)13-25/h2-12,14H,15H2,1H3,(H,27,28)/b26-14-. The number of nitrogens with one attached hydrogen (secondary N) is 1. The van der Waals surface area contributed by atoms with Gasteiger partial charge in [0.15, 0.2) is 11.5 Å². The lowest BCUT2D eigenvalue weighted by Gasteiger charge is -2.12. The Bertz CT molecular complexity index is 1120. The highest BCUT2D eigenvalue weighted by Crippen LogP contribution is 2.28. The fraction of sp³-hybridized carbons (Fsp3) is 0.0870. The number of halogens is 1. The molecule has 0 heterocycles. The molecule has 3 aromatic rings. The first-order valence-electron chi connectivity index (χ1n) is 8.99. The molecule has 0 radical (unpaired) electrons. The molecule has 0 bridgehead atoms. The minimum atomic E-state index is -0.646. The summed E-state index contributed by atoms with van der Waals surface area (Å²) in [5.74, 6) is -0.301. The van der Waals surface area contributed by atoms with Gasteiger partial charge in [-0.1, -0.05) is 30.3 Å².